The first-order valence-corrected chi connectivity index (χ1v) is 3.31. The van der Waals surface area contributed by atoms with E-state index in [0.29, 0.717) is 0 Å². The van der Waals surface area contributed by atoms with Gasteiger partial charge in [0.05, 0.1) is 0 Å². The molecule has 0 radical (unpaired) electrons. The van der Waals surface area contributed by atoms with E-state index < -0.39 is 0 Å². The van der Waals surface area contributed by atoms with Crippen molar-refractivity contribution in [3.8, 4) is 0 Å². The first-order chi connectivity index (χ1) is 4.27. The van der Waals surface area contributed by atoms with E-state index in [1.807, 2.05) is 6.92 Å². The highest BCUT2D eigenvalue weighted by Crippen LogP contribution is 1.99. The van der Waals surface area contributed by atoms with Gasteiger partial charge in [-0.2, -0.15) is 0 Å². The van der Waals surface area contributed by atoms with Gasteiger partial charge in [0.15, 0.2) is 0 Å². The summed E-state index contributed by atoms with van der Waals surface area (Å²) in [5.74, 6) is 0. The molecule has 2 N–H and O–H groups in total. The third kappa shape index (κ3) is 7.28. The van der Waals surface area contributed by atoms with E-state index in [1.165, 1.54) is 0 Å². The van der Waals surface area contributed by atoms with Crippen LogP contribution in [0.3, 0.4) is 0 Å². The van der Waals surface area contributed by atoms with Crippen LogP contribution in [0.15, 0.2) is 24.4 Å². The minimum absolute atomic E-state index is 0.791. The Morgan fingerprint density at radius 1 is 1.67 bits per heavy atom. The van der Waals surface area contributed by atoms with Crippen molar-refractivity contribution in [1.82, 2.24) is 0 Å². The Kier molecular flexibility index (Phi) is 4.98. The molecule has 0 aliphatic carbocycles. The fourth-order valence-electron chi connectivity index (χ4n) is 0.614. The molecule has 1 heteroatoms. The molecule has 1 nitrogen and oxygen atoms in total. The fraction of sp³-hybridized carbons (Fsp3) is 0.500. The molecular formula is C8H15N. The summed E-state index contributed by atoms with van der Waals surface area (Å²) in [5.41, 5.74) is 6.15. The maximum atomic E-state index is 5.36. The molecule has 0 aliphatic rings. The lowest BCUT2D eigenvalue weighted by Crippen LogP contribution is -1.92. The molecule has 0 saturated carbocycles. The number of hydrogen-bond donors (Lipinski definition) is 1. The Morgan fingerprint density at radius 2 is 2.33 bits per heavy atom. The Balaban J connectivity index is 3.01. The zero-order valence-corrected chi connectivity index (χ0v) is 6.06. The molecule has 0 spiro atoms. The first kappa shape index (κ1) is 8.28. The zero-order valence-electron chi connectivity index (χ0n) is 6.06. The standard InChI is InChI=1S/C8H15N/c1-3-4-5-6-7-8(2)9/h3-4H,2,5-7,9H2,1H3/b4-3-. The summed E-state index contributed by atoms with van der Waals surface area (Å²) < 4.78 is 0. The molecule has 0 bridgehead atoms. The second-order valence-corrected chi connectivity index (χ2v) is 2.12. The molecule has 0 aromatic carbocycles. The summed E-state index contributed by atoms with van der Waals surface area (Å²) in [6.45, 7) is 5.63. The maximum Gasteiger partial charge on any atom is 0.000755 e. The lowest BCUT2D eigenvalue weighted by Gasteiger charge is -1.93. The van der Waals surface area contributed by atoms with Gasteiger partial charge < -0.3 is 5.73 Å². The molecule has 0 unspecified atom stereocenters. The minimum atomic E-state index is 0.791. The third-order valence-corrected chi connectivity index (χ3v) is 1.10. The van der Waals surface area contributed by atoms with Crippen molar-refractivity contribution in [2.24, 2.45) is 5.73 Å². The van der Waals surface area contributed by atoms with Gasteiger partial charge in [-0.15, -0.1) is 0 Å². The van der Waals surface area contributed by atoms with Gasteiger partial charge in [-0.25, -0.2) is 0 Å². The van der Waals surface area contributed by atoms with Gasteiger partial charge in [0.25, 0.3) is 0 Å². The van der Waals surface area contributed by atoms with Crippen LogP contribution < -0.4 is 5.73 Å². The van der Waals surface area contributed by atoms with Crippen molar-refractivity contribution < 1.29 is 0 Å². The normalized spacial score (nSPS) is 10.3. The average Bonchev–Trinajstić information content (AvgIpc) is 1.80. The maximum absolute atomic E-state index is 5.36. The van der Waals surface area contributed by atoms with Gasteiger partial charge in [0, 0.05) is 5.70 Å². The highest BCUT2D eigenvalue weighted by molar-refractivity contribution is 4.87. The average molecular weight is 125 g/mol. The van der Waals surface area contributed by atoms with Crippen LogP contribution in [0.25, 0.3) is 0 Å². The molecule has 0 atom stereocenters. The third-order valence-electron chi connectivity index (χ3n) is 1.10. The van der Waals surface area contributed by atoms with Crippen LogP contribution in [0.5, 0.6) is 0 Å². The van der Waals surface area contributed by atoms with Crippen LogP contribution in [0.1, 0.15) is 26.2 Å². The Bertz CT molecular complexity index is 103. The summed E-state index contributed by atoms with van der Waals surface area (Å²) >= 11 is 0. The van der Waals surface area contributed by atoms with Crippen molar-refractivity contribution >= 4 is 0 Å². The first-order valence-electron chi connectivity index (χ1n) is 3.31. The van der Waals surface area contributed by atoms with Gasteiger partial charge >= 0.3 is 0 Å². The number of unbranched alkanes of at least 4 members (excludes halogenated alkanes) is 1. The molecule has 9 heavy (non-hydrogen) atoms. The van der Waals surface area contributed by atoms with E-state index in [1.54, 1.807) is 0 Å². The van der Waals surface area contributed by atoms with Gasteiger partial charge in [0.1, 0.15) is 0 Å². The molecule has 0 fully saturated rings. The van der Waals surface area contributed by atoms with Gasteiger partial charge in [-0.1, -0.05) is 18.7 Å². The Labute approximate surface area is 57.3 Å². The number of nitrogens with two attached hydrogens (primary N) is 1. The van der Waals surface area contributed by atoms with Crippen LogP contribution in [0.2, 0.25) is 0 Å². The summed E-state index contributed by atoms with van der Waals surface area (Å²) in [4.78, 5) is 0. The van der Waals surface area contributed by atoms with Crippen LogP contribution in [-0.2, 0) is 0 Å². The fourth-order valence-corrected chi connectivity index (χ4v) is 0.614. The second kappa shape index (κ2) is 5.42. The molecule has 0 aromatic heterocycles. The Morgan fingerprint density at radius 3 is 2.78 bits per heavy atom. The zero-order chi connectivity index (χ0) is 7.11. The van der Waals surface area contributed by atoms with Crippen LogP contribution in [0, 0.1) is 0 Å². The number of rotatable bonds is 4. The highest BCUT2D eigenvalue weighted by Gasteiger charge is 1.83. The smallest absolute Gasteiger partial charge is 0.000755 e. The summed E-state index contributed by atoms with van der Waals surface area (Å²) in [6.07, 6.45) is 7.39. The highest BCUT2D eigenvalue weighted by atomic mass is 14.5. The van der Waals surface area contributed by atoms with E-state index in [-0.39, 0.29) is 0 Å². The molecule has 0 rings (SSSR count). The van der Waals surface area contributed by atoms with Gasteiger partial charge in [-0.3, -0.25) is 0 Å². The molecule has 0 heterocycles. The topological polar surface area (TPSA) is 26.0 Å². The van der Waals surface area contributed by atoms with E-state index in [0.717, 1.165) is 25.0 Å². The summed E-state index contributed by atoms with van der Waals surface area (Å²) in [5, 5.41) is 0. The van der Waals surface area contributed by atoms with Crippen LogP contribution in [0.4, 0.5) is 0 Å². The summed E-state index contributed by atoms with van der Waals surface area (Å²) in [6, 6.07) is 0. The lowest BCUT2D eigenvalue weighted by molar-refractivity contribution is 0.826. The lowest BCUT2D eigenvalue weighted by atomic mass is 10.2. The predicted molar refractivity (Wildman–Crippen MR) is 42.0 cm³/mol. The van der Waals surface area contributed by atoms with Gasteiger partial charge in [0.2, 0.25) is 0 Å². The molecule has 0 aromatic rings. The Hall–Kier alpha value is -0.720. The molecule has 0 aliphatic heterocycles. The van der Waals surface area contributed by atoms with Crippen molar-refractivity contribution in [2.75, 3.05) is 0 Å². The van der Waals surface area contributed by atoms with Crippen LogP contribution >= 0.6 is 0 Å². The second-order valence-electron chi connectivity index (χ2n) is 2.12. The van der Waals surface area contributed by atoms with E-state index in [4.69, 9.17) is 5.73 Å². The quantitative estimate of drug-likeness (QED) is 0.452. The SMILES string of the molecule is C=C(N)CCC/C=C\C. The number of allylic oxidation sites excluding steroid dienone is 3. The molecule has 52 valence electrons. The minimum Gasteiger partial charge on any atom is -0.403 e. The van der Waals surface area contributed by atoms with Crippen LogP contribution in [-0.4, -0.2) is 0 Å². The predicted octanol–water partition coefficient (Wildman–Crippen LogP) is 2.21. The molecular weight excluding hydrogens is 110 g/mol. The monoisotopic (exact) mass is 125 g/mol. The summed E-state index contributed by atoms with van der Waals surface area (Å²) in [7, 11) is 0. The van der Waals surface area contributed by atoms with Gasteiger partial charge in [-0.05, 0) is 26.2 Å². The van der Waals surface area contributed by atoms with Crippen molar-refractivity contribution in [3.63, 3.8) is 0 Å². The van der Waals surface area contributed by atoms with E-state index >= 15 is 0 Å². The number of hydrogen-bond acceptors (Lipinski definition) is 1. The van der Waals surface area contributed by atoms with E-state index in [9.17, 15) is 0 Å². The van der Waals surface area contributed by atoms with Crippen molar-refractivity contribution in [1.29, 1.82) is 0 Å². The molecule has 0 saturated heterocycles. The largest absolute Gasteiger partial charge is 0.403 e. The van der Waals surface area contributed by atoms with Crippen molar-refractivity contribution in [2.45, 2.75) is 26.2 Å². The van der Waals surface area contributed by atoms with E-state index in [2.05, 4.69) is 18.7 Å². The molecule has 0 amide bonds. The van der Waals surface area contributed by atoms with Crippen molar-refractivity contribution in [3.05, 3.63) is 24.4 Å².